The van der Waals surface area contributed by atoms with E-state index in [1.807, 2.05) is 18.3 Å². The molecule has 1 fully saturated rings. The molecule has 1 aliphatic carbocycles. The van der Waals surface area contributed by atoms with Crippen LogP contribution < -0.4 is 5.32 Å². The molecular formula is C19H26ClN3. The van der Waals surface area contributed by atoms with Crippen LogP contribution in [0.1, 0.15) is 39.5 Å². The summed E-state index contributed by atoms with van der Waals surface area (Å²) in [6.07, 6.45) is 6.90. The van der Waals surface area contributed by atoms with Crippen LogP contribution in [0.15, 0.2) is 30.5 Å². The highest BCUT2D eigenvalue weighted by atomic mass is 35.5. The van der Waals surface area contributed by atoms with Crippen molar-refractivity contribution in [3.05, 3.63) is 35.5 Å². The van der Waals surface area contributed by atoms with E-state index in [9.17, 15) is 0 Å². The van der Waals surface area contributed by atoms with Crippen LogP contribution in [0.3, 0.4) is 0 Å². The first-order valence-electron chi connectivity index (χ1n) is 8.76. The topological polar surface area (TPSA) is 28.2 Å². The number of nitrogens with one attached hydrogen (secondary N) is 1. The fourth-order valence-corrected chi connectivity index (χ4v) is 3.96. The van der Waals surface area contributed by atoms with Crippen LogP contribution in [0, 0.1) is 0 Å². The number of pyridine rings is 1. The van der Waals surface area contributed by atoms with Crippen LogP contribution in [0.5, 0.6) is 0 Å². The van der Waals surface area contributed by atoms with Gasteiger partial charge in [0.25, 0.3) is 0 Å². The third kappa shape index (κ3) is 3.78. The van der Waals surface area contributed by atoms with Crippen LogP contribution in [-0.2, 0) is 0 Å². The molecule has 0 radical (unpaired) electrons. The summed E-state index contributed by atoms with van der Waals surface area (Å²) in [6, 6.07) is 9.33. The van der Waals surface area contributed by atoms with Gasteiger partial charge in [0.05, 0.1) is 5.52 Å². The number of rotatable bonds is 5. The van der Waals surface area contributed by atoms with E-state index in [1.54, 1.807) is 0 Å². The molecule has 0 aliphatic heterocycles. The number of halogens is 1. The van der Waals surface area contributed by atoms with E-state index in [4.69, 9.17) is 11.6 Å². The SMILES string of the molecule is CCN(CC)C1CCC(Nc2ccnc3cc(Cl)ccc23)CC1. The maximum absolute atomic E-state index is 6.07. The molecule has 23 heavy (non-hydrogen) atoms. The first kappa shape index (κ1) is 16.5. The number of aromatic nitrogens is 1. The van der Waals surface area contributed by atoms with E-state index >= 15 is 0 Å². The lowest BCUT2D eigenvalue weighted by atomic mass is 9.90. The normalized spacial score (nSPS) is 21.7. The largest absolute Gasteiger partial charge is 0.382 e. The van der Waals surface area contributed by atoms with E-state index in [0.717, 1.165) is 35.1 Å². The van der Waals surface area contributed by atoms with Crippen molar-refractivity contribution in [2.45, 2.75) is 51.6 Å². The Labute approximate surface area is 144 Å². The van der Waals surface area contributed by atoms with Crippen molar-refractivity contribution in [3.63, 3.8) is 0 Å². The fourth-order valence-electron chi connectivity index (χ4n) is 3.79. The summed E-state index contributed by atoms with van der Waals surface area (Å²) < 4.78 is 0. The van der Waals surface area contributed by atoms with Crippen LogP contribution in [0.2, 0.25) is 5.02 Å². The monoisotopic (exact) mass is 331 g/mol. The van der Waals surface area contributed by atoms with E-state index in [-0.39, 0.29) is 0 Å². The van der Waals surface area contributed by atoms with Crippen LogP contribution >= 0.6 is 11.6 Å². The smallest absolute Gasteiger partial charge is 0.0737 e. The van der Waals surface area contributed by atoms with Crippen molar-refractivity contribution < 1.29 is 0 Å². The Morgan fingerprint density at radius 2 is 1.87 bits per heavy atom. The van der Waals surface area contributed by atoms with Crippen molar-refractivity contribution in [2.24, 2.45) is 0 Å². The zero-order valence-electron chi connectivity index (χ0n) is 14.1. The van der Waals surface area contributed by atoms with Gasteiger partial charge in [0.2, 0.25) is 0 Å². The van der Waals surface area contributed by atoms with Gasteiger partial charge < -0.3 is 10.2 Å². The van der Waals surface area contributed by atoms with Crippen molar-refractivity contribution >= 4 is 28.2 Å². The molecular weight excluding hydrogens is 306 g/mol. The predicted molar refractivity (Wildman–Crippen MR) is 99.3 cm³/mol. The maximum atomic E-state index is 6.07. The number of anilines is 1. The minimum absolute atomic E-state index is 0.558. The van der Waals surface area contributed by atoms with E-state index in [0.29, 0.717) is 6.04 Å². The van der Waals surface area contributed by atoms with Gasteiger partial charge in [-0.25, -0.2) is 0 Å². The van der Waals surface area contributed by atoms with Crippen molar-refractivity contribution in [1.82, 2.24) is 9.88 Å². The zero-order chi connectivity index (χ0) is 16.2. The van der Waals surface area contributed by atoms with Crippen LogP contribution in [0.4, 0.5) is 5.69 Å². The molecule has 1 aromatic heterocycles. The second-order valence-electron chi connectivity index (χ2n) is 6.39. The Balaban J connectivity index is 1.67. The van der Waals surface area contributed by atoms with Crippen LogP contribution in [0.25, 0.3) is 10.9 Å². The lowest BCUT2D eigenvalue weighted by molar-refractivity contribution is 0.167. The molecule has 2 aromatic rings. The Morgan fingerprint density at radius 1 is 1.13 bits per heavy atom. The van der Waals surface area contributed by atoms with E-state index in [2.05, 4.69) is 41.2 Å². The van der Waals surface area contributed by atoms with Crippen molar-refractivity contribution in [3.8, 4) is 0 Å². The zero-order valence-corrected chi connectivity index (χ0v) is 14.8. The van der Waals surface area contributed by atoms with Gasteiger partial charge in [-0.1, -0.05) is 25.4 Å². The molecule has 3 nitrogen and oxygen atoms in total. The molecule has 1 heterocycles. The summed E-state index contributed by atoms with van der Waals surface area (Å²) in [4.78, 5) is 7.02. The molecule has 0 saturated heterocycles. The minimum Gasteiger partial charge on any atom is -0.382 e. The maximum Gasteiger partial charge on any atom is 0.0737 e. The molecule has 0 bridgehead atoms. The molecule has 1 aliphatic rings. The highest BCUT2D eigenvalue weighted by molar-refractivity contribution is 6.31. The van der Waals surface area contributed by atoms with Gasteiger partial charge in [-0.3, -0.25) is 4.98 Å². The van der Waals surface area contributed by atoms with Gasteiger partial charge in [0, 0.05) is 34.4 Å². The van der Waals surface area contributed by atoms with Gasteiger partial charge in [-0.15, -0.1) is 0 Å². The van der Waals surface area contributed by atoms with Crippen molar-refractivity contribution in [1.29, 1.82) is 0 Å². The number of nitrogens with zero attached hydrogens (tertiary/aromatic N) is 2. The molecule has 124 valence electrons. The predicted octanol–water partition coefficient (Wildman–Crippen LogP) is 4.95. The quantitative estimate of drug-likeness (QED) is 0.839. The van der Waals surface area contributed by atoms with Gasteiger partial charge in [0.15, 0.2) is 0 Å². The molecule has 4 heteroatoms. The average Bonchev–Trinajstić information content (AvgIpc) is 2.57. The Bertz CT molecular complexity index is 646. The Morgan fingerprint density at radius 3 is 2.57 bits per heavy atom. The van der Waals surface area contributed by atoms with Gasteiger partial charge >= 0.3 is 0 Å². The summed E-state index contributed by atoms with van der Waals surface area (Å²) >= 11 is 6.07. The lowest BCUT2D eigenvalue weighted by Crippen LogP contribution is -2.40. The first-order chi connectivity index (χ1) is 11.2. The number of hydrogen-bond acceptors (Lipinski definition) is 3. The van der Waals surface area contributed by atoms with E-state index in [1.165, 1.54) is 31.4 Å². The van der Waals surface area contributed by atoms with Gasteiger partial charge in [-0.2, -0.15) is 0 Å². The molecule has 0 spiro atoms. The molecule has 1 saturated carbocycles. The second-order valence-corrected chi connectivity index (χ2v) is 6.83. The summed E-state index contributed by atoms with van der Waals surface area (Å²) in [5, 5.41) is 5.63. The van der Waals surface area contributed by atoms with Crippen molar-refractivity contribution in [2.75, 3.05) is 18.4 Å². The summed E-state index contributed by atoms with van der Waals surface area (Å²) in [6.45, 7) is 6.86. The molecule has 3 rings (SSSR count). The van der Waals surface area contributed by atoms with Gasteiger partial charge in [-0.05, 0) is 63.0 Å². The molecule has 0 unspecified atom stereocenters. The average molecular weight is 332 g/mol. The number of benzene rings is 1. The molecule has 0 amide bonds. The highest BCUT2D eigenvalue weighted by Gasteiger charge is 2.24. The van der Waals surface area contributed by atoms with E-state index < -0.39 is 0 Å². The lowest BCUT2D eigenvalue weighted by Gasteiger charge is -2.36. The second kappa shape index (κ2) is 7.50. The Hall–Kier alpha value is -1.32. The Kier molecular flexibility index (Phi) is 5.39. The molecule has 0 atom stereocenters. The number of hydrogen-bond donors (Lipinski definition) is 1. The first-order valence-corrected chi connectivity index (χ1v) is 9.14. The summed E-state index contributed by atoms with van der Waals surface area (Å²) in [5.41, 5.74) is 2.14. The molecule has 1 aromatic carbocycles. The van der Waals surface area contributed by atoms with Crippen LogP contribution in [-0.4, -0.2) is 35.1 Å². The summed E-state index contributed by atoms with van der Waals surface area (Å²) in [5.74, 6) is 0. The fraction of sp³-hybridized carbons (Fsp3) is 0.526. The highest BCUT2D eigenvalue weighted by Crippen LogP contribution is 2.29. The minimum atomic E-state index is 0.558. The number of fused-ring (bicyclic) bond motifs is 1. The third-order valence-electron chi connectivity index (χ3n) is 5.09. The standard InChI is InChI=1S/C19H26ClN3/c1-3-23(4-2)16-8-6-15(7-9-16)22-18-11-12-21-19-13-14(20)5-10-17(18)19/h5,10-13,15-16H,3-4,6-9H2,1-2H3,(H,21,22). The van der Waals surface area contributed by atoms with Gasteiger partial charge in [0.1, 0.15) is 0 Å². The molecule has 1 N–H and O–H groups in total. The third-order valence-corrected chi connectivity index (χ3v) is 5.32. The summed E-state index contributed by atoms with van der Waals surface area (Å²) in [7, 11) is 0.